The van der Waals surface area contributed by atoms with Gasteiger partial charge in [0.25, 0.3) is 5.91 Å². The van der Waals surface area contributed by atoms with Gasteiger partial charge in [-0.1, -0.05) is 23.2 Å². The zero-order valence-corrected chi connectivity index (χ0v) is 11.5. The minimum Gasteiger partial charge on any atom is -0.346 e. The second-order valence-electron chi connectivity index (χ2n) is 3.53. The van der Waals surface area contributed by atoms with Crippen molar-refractivity contribution in [3.8, 4) is 11.8 Å². The summed E-state index contributed by atoms with van der Waals surface area (Å²) in [7, 11) is 0. The van der Waals surface area contributed by atoms with Gasteiger partial charge in [-0.15, -0.1) is 11.3 Å². The van der Waals surface area contributed by atoms with Crippen LogP contribution in [0.4, 0.5) is 0 Å². The summed E-state index contributed by atoms with van der Waals surface area (Å²) in [6, 6.07) is 3.51. The minimum atomic E-state index is -0.183. The number of carbonyl (C=O) groups is 1. The highest BCUT2D eigenvalue weighted by Gasteiger charge is 2.08. The number of hydrogen-bond acceptors (Lipinski definition) is 5. The number of H-pyrrole nitrogens is 1. The molecule has 2 aromatic heterocycles. The van der Waals surface area contributed by atoms with Gasteiger partial charge in [0, 0.05) is 11.1 Å². The van der Waals surface area contributed by atoms with Crippen molar-refractivity contribution in [2.75, 3.05) is 6.54 Å². The monoisotopic (exact) mass is 293 g/mol. The largest absolute Gasteiger partial charge is 0.346 e. The topological polar surface area (TPSA) is 88.0 Å². The van der Waals surface area contributed by atoms with Gasteiger partial charge >= 0.3 is 4.87 Å². The molecule has 0 aliphatic carbocycles. The zero-order valence-electron chi connectivity index (χ0n) is 9.86. The van der Waals surface area contributed by atoms with Crippen molar-refractivity contribution < 1.29 is 4.79 Å². The lowest BCUT2D eigenvalue weighted by Gasteiger charge is -2.00. The first-order valence-electron chi connectivity index (χ1n) is 5.42. The molecule has 2 aromatic rings. The summed E-state index contributed by atoms with van der Waals surface area (Å²) in [4.78, 5) is 26.7. The summed E-state index contributed by atoms with van der Waals surface area (Å²) >= 11 is 2.39. The summed E-state index contributed by atoms with van der Waals surface area (Å²) in [6.07, 6.45) is 0. The first-order chi connectivity index (χ1) is 9.19. The number of amides is 1. The van der Waals surface area contributed by atoms with Crippen LogP contribution in [-0.2, 0) is 6.54 Å². The maximum absolute atomic E-state index is 11.8. The molecule has 0 spiro atoms. The second kappa shape index (κ2) is 6.33. The fourth-order valence-electron chi connectivity index (χ4n) is 1.33. The second-order valence-corrected chi connectivity index (χ2v) is 5.45. The third-order valence-corrected chi connectivity index (χ3v) is 3.87. The summed E-state index contributed by atoms with van der Waals surface area (Å²) in [5.74, 6) is 5.43. The third kappa shape index (κ3) is 3.79. The number of aromatic amines is 1. The van der Waals surface area contributed by atoms with E-state index in [0.29, 0.717) is 23.7 Å². The fraction of sp³-hybridized carbons (Fsp3) is 0.167. The first-order valence-corrected chi connectivity index (χ1v) is 7.12. The van der Waals surface area contributed by atoms with Gasteiger partial charge in [-0.2, -0.15) is 0 Å². The molecule has 0 radical (unpaired) electrons. The van der Waals surface area contributed by atoms with Gasteiger partial charge in [0.15, 0.2) is 0 Å². The normalized spacial score (nSPS) is 9.74. The van der Waals surface area contributed by atoms with Crippen LogP contribution in [0.3, 0.4) is 0 Å². The third-order valence-electron chi connectivity index (χ3n) is 2.15. The standard InChI is InChI=1S/C12H11N3O2S2/c13-5-1-2-9-3-4-10(19-9)11(16)14-6-8-7-18-12(17)15-8/h3-4,7H,5-6,13H2,(H,14,16)(H,15,17). The molecule has 1 amide bonds. The molecule has 0 atom stereocenters. The van der Waals surface area contributed by atoms with E-state index in [4.69, 9.17) is 5.73 Å². The highest BCUT2D eigenvalue weighted by Crippen LogP contribution is 2.15. The average Bonchev–Trinajstić information content (AvgIpc) is 3.02. The fourth-order valence-corrected chi connectivity index (χ4v) is 2.71. The smallest absolute Gasteiger partial charge is 0.304 e. The number of thiazole rings is 1. The number of aromatic nitrogens is 1. The Bertz CT molecular complexity index is 687. The Morgan fingerprint density at radius 1 is 1.47 bits per heavy atom. The Morgan fingerprint density at radius 2 is 2.32 bits per heavy atom. The maximum Gasteiger partial charge on any atom is 0.304 e. The van der Waals surface area contributed by atoms with Gasteiger partial charge in [0.05, 0.1) is 22.8 Å². The van der Waals surface area contributed by atoms with E-state index in [-0.39, 0.29) is 10.8 Å². The summed E-state index contributed by atoms with van der Waals surface area (Å²) in [5.41, 5.74) is 5.98. The molecular formula is C12H11N3O2S2. The Morgan fingerprint density at radius 3 is 3.00 bits per heavy atom. The predicted molar refractivity (Wildman–Crippen MR) is 76.4 cm³/mol. The minimum absolute atomic E-state index is 0.125. The highest BCUT2D eigenvalue weighted by molar-refractivity contribution is 7.14. The van der Waals surface area contributed by atoms with Crippen molar-refractivity contribution in [3.63, 3.8) is 0 Å². The Hall–Kier alpha value is -1.88. The van der Waals surface area contributed by atoms with E-state index in [2.05, 4.69) is 22.1 Å². The molecular weight excluding hydrogens is 282 g/mol. The van der Waals surface area contributed by atoms with Gasteiger partial charge in [-0.05, 0) is 12.1 Å². The number of carbonyl (C=O) groups excluding carboxylic acids is 1. The van der Waals surface area contributed by atoms with Crippen LogP contribution in [0.5, 0.6) is 0 Å². The average molecular weight is 293 g/mol. The number of thiophene rings is 1. The molecule has 0 fully saturated rings. The number of nitrogens with two attached hydrogens (primary N) is 1. The summed E-state index contributed by atoms with van der Waals surface area (Å²) < 4.78 is 0. The van der Waals surface area contributed by atoms with Gasteiger partial charge in [-0.25, -0.2) is 0 Å². The lowest BCUT2D eigenvalue weighted by molar-refractivity contribution is 0.0954. The van der Waals surface area contributed by atoms with Gasteiger partial charge in [0.2, 0.25) is 0 Å². The molecule has 2 rings (SSSR count). The Kier molecular flexibility index (Phi) is 4.52. The molecule has 7 heteroatoms. The van der Waals surface area contributed by atoms with Gasteiger partial charge in [0.1, 0.15) is 0 Å². The van der Waals surface area contributed by atoms with Crippen LogP contribution in [0.1, 0.15) is 20.2 Å². The van der Waals surface area contributed by atoms with Crippen LogP contribution in [0.15, 0.2) is 22.3 Å². The Labute approximate surface area is 117 Å². The van der Waals surface area contributed by atoms with Crippen LogP contribution >= 0.6 is 22.7 Å². The van der Waals surface area contributed by atoms with Crippen molar-refractivity contribution in [1.82, 2.24) is 10.3 Å². The van der Waals surface area contributed by atoms with Crippen LogP contribution in [0, 0.1) is 11.8 Å². The molecule has 2 heterocycles. The van der Waals surface area contributed by atoms with Crippen LogP contribution in [0.25, 0.3) is 0 Å². The maximum atomic E-state index is 11.8. The van der Waals surface area contributed by atoms with Crippen LogP contribution in [0.2, 0.25) is 0 Å². The molecule has 0 saturated heterocycles. The van der Waals surface area contributed by atoms with E-state index in [1.165, 1.54) is 11.3 Å². The molecule has 0 aliphatic rings. The van der Waals surface area contributed by atoms with Crippen LogP contribution < -0.4 is 15.9 Å². The van der Waals surface area contributed by atoms with E-state index in [9.17, 15) is 9.59 Å². The molecule has 98 valence electrons. The van der Waals surface area contributed by atoms with E-state index >= 15 is 0 Å². The molecule has 5 nitrogen and oxygen atoms in total. The van der Waals surface area contributed by atoms with Crippen molar-refractivity contribution >= 4 is 28.6 Å². The number of nitrogens with one attached hydrogen (secondary N) is 2. The van der Waals surface area contributed by atoms with Crippen molar-refractivity contribution in [2.24, 2.45) is 5.73 Å². The summed E-state index contributed by atoms with van der Waals surface area (Å²) in [6.45, 7) is 0.601. The lowest BCUT2D eigenvalue weighted by Crippen LogP contribution is -2.22. The van der Waals surface area contributed by atoms with E-state index in [1.807, 2.05) is 0 Å². The highest BCUT2D eigenvalue weighted by atomic mass is 32.1. The molecule has 0 bridgehead atoms. The molecule has 0 aliphatic heterocycles. The molecule has 0 saturated carbocycles. The lowest BCUT2D eigenvalue weighted by atomic mass is 10.4. The Balaban J connectivity index is 1.96. The number of hydrogen-bond donors (Lipinski definition) is 3. The van der Waals surface area contributed by atoms with Crippen molar-refractivity contribution in [1.29, 1.82) is 0 Å². The first kappa shape index (κ1) is 13.5. The quantitative estimate of drug-likeness (QED) is 0.729. The van der Waals surface area contributed by atoms with Crippen molar-refractivity contribution in [3.05, 3.63) is 42.6 Å². The van der Waals surface area contributed by atoms with Gasteiger partial charge < -0.3 is 16.0 Å². The predicted octanol–water partition coefficient (Wildman–Crippen LogP) is 0.738. The zero-order chi connectivity index (χ0) is 13.7. The SMILES string of the molecule is NCC#Cc1ccc(C(=O)NCc2csc(=O)[nH]2)s1. The van der Waals surface area contributed by atoms with E-state index in [1.54, 1.807) is 17.5 Å². The molecule has 0 aromatic carbocycles. The molecule has 0 unspecified atom stereocenters. The van der Waals surface area contributed by atoms with Crippen LogP contribution in [-0.4, -0.2) is 17.4 Å². The molecule has 19 heavy (non-hydrogen) atoms. The van der Waals surface area contributed by atoms with E-state index < -0.39 is 0 Å². The summed E-state index contributed by atoms with van der Waals surface area (Å²) in [5, 5.41) is 4.42. The van der Waals surface area contributed by atoms with Crippen molar-refractivity contribution in [2.45, 2.75) is 6.54 Å². The number of rotatable bonds is 3. The molecule has 4 N–H and O–H groups in total. The van der Waals surface area contributed by atoms with E-state index in [0.717, 1.165) is 16.2 Å². The van der Waals surface area contributed by atoms with Gasteiger partial charge in [-0.3, -0.25) is 9.59 Å².